The van der Waals surface area contributed by atoms with Crippen molar-refractivity contribution in [2.75, 3.05) is 6.61 Å². The molecule has 6 nitrogen and oxygen atoms in total. The third-order valence-electron chi connectivity index (χ3n) is 4.58. The van der Waals surface area contributed by atoms with E-state index in [1.165, 1.54) is 13.0 Å². The molecule has 0 radical (unpaired) electrons. The maximum atomic E-state index is 13.0. The van der Waals surface area contributed by atoms with Gasteiger partial charge in [-0.05, 0) is 36.8 Å². The zero-order chi connectivity index (χ0) is 21.2. The van der Waals surface area contributed by atoms with E-state index in [0.29, 0.717) is 9.95 Å². The molecule has 2 aromatic rings. The molecule has 3 rings (SSSR count). The second-order valence-electron chi connectivity index (χ2n) is 6.58. The van der Waals surface area contributed by atoms with Gasteiger partial charge in [-0.25, -0.2) is 9.69 Å². The van der Waals surface area contributed by atoms with Crippen LogP contribution in [0.5, 0.6) is 5.75 Å². The molecule has 0 bridgehead atoms. The van der Waals surface area contributed by atoms with Crippen LogP contribution in [0.2, 0.25) is 0 Å². The Labute approximate surface area is 178 Å². The van der Waals surface area contributed by atoms with E-state index in [0.717, 1.165) is 27.4 Å². The van der Waals surface area contributed by atoms with Gasteiger partial charge >= 0.3 is 6.09 Å². The molecule has 1 aliphatic rings. The number of β-lactam (4-membered cyclic amide) rings is 1. The zero-order valence-corrected chi connectivity index (χ0v) is 17.7. The third-order valence-corrected chi connectivity index (χ3v) is 6.17. The lowest BCUT2D eigenvalue weighted by Crippen LogP contribution is -2.79. The molecule has 1 aliphatic heterocycles. The smallest absolute Gasteiger partial charge is 0.419 e. The average molecular weight is 432 g/mol. The second-order valence-corrected chi connectivity index (χ2v) is 8.95. The molecule has 0 saturated carbocycles. The largest absolute Gasteiger partial charge is 0.468 e. The first-order valence-corrected chi connectivity index (χ1v) is 10.2. The Morgan fingerprint density at radius 3 is 2.69 bits per heavy atom. The summed E-state index contributed by atoms with van der Waals surface area (Å²) in [7, 11) is 0. The predicted molar refractivity (Wildman–Crippen MR) is 117 cm³/mol. The van der Waals surface area contributed by atoms with E-state index in [1.807, 2.05) is 36.4 Å². The number of carbonyl (C=O) groups excluding carboxylic acids is 2. The Bertz CT molecular complexity index is 976. The van der Waals surface area contributed by atoms with Gasteiger partial charge < -0.3 is 14.6 Å². The molecule has 0 aliphatic carbocycles. The molecule has 29 heavy (non-hydrogen) atoms. The van der Waals surface area contributed by atoms with Crippen LogP contribution in [0.25, 0.3) is 10.8 Å². The van der Waals surface area contributed by atoms with Gasteiger partial charge in [0.2, 0.25) is 6.23 Å². The topological polar surface area (TPSA) is 76.1 Å². The molecule has 152 valence electrons. The van der Waals surface area contributed by atoms with E-state index in [9.17, 15) is 14.7 Å². The number of imide groups is 1. The van der Waals surface area contributed by atoms with Crippen molar-refractivity contribution >= 4 is 50.9 Å². The summed E-state index contributed by atoms with van der Waals surface area (Å²) >= 11 is 6.19. The summed E-state index contributed by atoms with van der Waals surface area (Å²) in [5, 5.41) is 12.4. The number of rotatable bonds is 6. The minimum absolute atomic E-state index is 0.0493. The van der Waals surface area contributed by atoms with Crippen LogP contribution in [-0.2, 0) is 9.53 Å². The number of hydrogen-bond acceptors (Lipinski definition) is 7. The van der Waals surface area contributed by atoms with E-state index in [1.54, 1.807) is 13.0 Å². The number of carbonyl (C=O) groups is 2. The number of likely N-dealkylation sites (tertiary alicyclic amines) is 1. The standard InChI is InChI=1S/C21H21NO5S2/c1-4-11-26-20(25)22-18(24)21(13(2)23,29-14(3)28)19(22)27-17-10-9-15-7-5-6-8-16(15)12-17/h4-10,12-13,19,23H,1,11H2,2-3H3. The first-order chi connectivity index (χ1) is 13.8. The Balaban J connectivity index is 1.98. The van der Waals surface area contributed by atoms with Crippen molar-refractivity contribution in [3.8, 4) is 5.75 Å². The van der Waals surface area contributed by atoms with Gasteiger partial charge in [-0.2, -0.15) is 0 Å². The lowest BCUT2D eigenvalue weighted by molar-refractivity contribution is -0.172. The first-order valence-electron chi connectivity index (χ1n) is 8.95. The van der Waals surface area contributed by atoms with Crippen LogP contribution in [0.15, 0.2) is 55.1 Å². The van der Waals surface area contributed by atoms with Crippen LogP contribution in [0.4, 0.5) is 4.79 Å². The summed E-state index contributed by atoms with van der Waals surface area (Å²) in [5.41, 5.74) is 0. The summed E-state index contributed by atoms with van der Waals surface area (Å²) in [4.78, 5) is 26.3. The fourth-order valence-electron chi connectivity index (χ4n) is 3.22. The molecule has 2 amide bonds. The number of amides is 2. The van der Waals surface area contributed by atoms with E-state index in [2.05, 4.69) is 6.58 Å². The molecular weight excluding hydrogens is 410 g/mol. The van der Waals surface area contributed by atoms with Crippen molar-refractivity contribution < 1.29 is 24.2 Å². The van der Waals surface area contributed by atoms with Crippen LogP contribution in [0, 0.1) is 0 Å². The predicted octanol–water partition coefficient (Wildman–Crippen LogP) is 3.91. The van der Waals surface area contributed by atoms with Gasteiger partial charge in [-0.3, -0.25) is 4.79 Å². The number of ether oxygens (including phenoxy) is 2. The van der Waals surface area contributed by atoms with Gasteiger partial charge in [-0.1, -0.05) is 67.0 Å². The molecule has 0 spiro atoms. The lowest BCUT2D eigenvalue weighted by atomic mass is 9.89. The minimum Gasteiger partial charge on any atom is -0.468 e. The molecule has 0 aromatic heterocycles. The van der Waals surface area contributed by atoms with E-state index in [4.69, 9.17) is 21.7 Å². The molecule has 1 saturated heterocycles. The molecule has 8 heteroatoms. The highest BCUT2D eigenvalue weighted by molar-refractivity contribution is 8.24. The first kappa shape index (κ1) is 21.3. The summed E-state index contributed by atoms with van der Waals surface area (Å²) in [5.74, 6) is -0.156. The molecule has 2 aromatic carbocycles. The number of benzene rings is 2. The van der Waals surface area contributed by atoms with Crippen molar-refractivity contribution in [3.05, 3.63) is 55.1 Å². The fraction of sp³-hybridized carbons (Fsp3) is 0.286. The number of nitrogens with zero attached hydrogens (tertiary/aromatic N) is 1. The normalized spacial score (nSPS) is 22.0. The van der Waals surface area contributed by atoms with E-state index < -0.39 is 29.1 Å². The number of thiocarbonyl (C=S) groups is 1. The van der Waals surface area contributed by atoms with Crippen LogP contribution in [0.1, 0.15) is 13.8 Å². The highest BCUT2D eigenvalue weighted by Gasteiger charge is 2.69. The summed E-state index contributed by atoms with van der Waals surface area (Å²) < 4.78 is 10.1. The summed E-state index contributed by atoms with van der Waals surface area (Å²) in [6, 6.07) is 13.2. The van der Waals surface area contributed by atoms with Crippen LogP contribution < -0.4 is 4.74 Å². The Kier molecular flexibility index (Phi) is 6.26. The fourth-order valence-corrected chi connectivity index (χ4v) is 4.72. The van der Waals surface area contributed by atoms with Gasteiger partial charge in [0.1, 0.15) is 12.4 Å². The average Bonchev–Trinajstić information content (AvgIpc) is 2.69. The summed E-state index contributed by atoms with van der Waals surface area (Å²) in [6.45, 7) is 6.58. The number of fused-ring (bicyclic) bond motifs is 1. The van der Waals surface area contributed by atoms with E-state index >= 15 is 0 Å². The maximum Gasteiger partial charge on any atom is 0.419 e. The quantitative estimate of drug-likeness (QED) is 0.422. The monoisotopic (exact) mass is 431 g/mol. The van der Waals surface area contributed by atoms with Crippen molar-refractivity contribution in [2.24, 2.45) is 0 Å². The minimum atomic E-state index is -1.44. The maximum absolute atomic E-state index is 13.0. The highest BCUT2D eigenvalue weighted by atomic mass is 32.2. The van der Waals surface area contributed by atoms with Gasteiger partial charge in [0.05, 0.1) is 6.10 Å². The van der Waals surface area contributed by atoms with Crippen molar-refractivity contribution in [3.63, 3.8) is 0 Å². The van der Waals surface area contributed by atoms with Crippen LogP contribution in [-0.4, -0.2) is 49.9 Å². The van der Waals surface area contributed by atoms with Crippen LogP contribution >= 0.6 is 24.0 Å². The van der Waals surface area contributed by atoms with Crippen molar-refractivity contribution in [1.29, 1.82) is 0 Å². The molecule has 1 heterocycles. The van der Waals surface area contributed by atoms with Gasteiger partial charge in [0, 0.05) is 4.20 Å². The van der Waals surface area contributed by atoms with Crippen molar-refractivity contribution in [2.45, 2.75) is 30.9 Å². The molecular formula is C21H21NO5S2. The van der Waals surface area contributed by atoms with Crippen LogP contribution in [0.3, 0.4) is 0 Å². The SMILES string of the molecule is C=CCOC(=O)N1C(=O)C(SC(C)=S)(C(C)O)C1Oc1ccc2ccccc2c1. The molecule has 3 atom stereocenters. The van der Waals surface area contributed by atoms with Crippen molar-refractivity contribution in [1.82, 2.24) is 4.90 Å². The highest BCUT2D eigenvalue weighted by Crippen LogP contribution is 2.47. The summed E-state index contributed by atoms with van der Waals surface area (Å²) in [6.07, 6.45) is -1.66. The van der Waals surface area contributed by atoms with Gasteiger partial charge in [-0.15, -0.1) is 0 Å². The van der Waals surface area contributed by atoms with Gasteiger partial charge in [0.25, 0.3) is 5.91 Å². The number of hydrogen-bond donors (Lipinski definition) is 1. The number of aliphatic hydroxyl groups is 1. The van der Waals surface area contributed by atoms with Gasteiger partial charge in [0.15, 0.2) is 4.75 Å². The third kappa shape index (κ3) is 3.88. The number of thioether (sulfide) groups is 1. The lowest BCUT2D eigenvalue weighted by Gasteiger charge is -2.53. The second kappa shape index (κ2) is 8.52. The molecule has 1 fully saturated rings. The Morgan fingerprint density at radius 1 is 1.38 bits per heavy atom. The Hall–Kier alpha value is -2.42. The number of aliphatic hydroxyl groups excluding tert-OH is 1. The molecule has 1 N–H and O–H groups in total. The zero-order valence-electron chi connectivity index (χ0n) is 16.0. The molecule has 3 unspecified atom stereocenters. The van der Waals surface area contributed by atoms with E-state index in [-0.39, 0.29) is 6.61 Å². The Morgan fingerprint density at radius 2 is 2.07 bits per heavy atom.